The van der Waals surface area contributed by atoms with E-state index < -0.39 is 12.1 Å². The molecule has 3 N–H and O–H groups in total. The molecule has 7 heteroatoms. The minimum absolute atomic E-state index is 0. The second-order valence-corrected chi connectivity index (χ2v) is 6.99. The minimum atomic E-state index is -0.661. The summed E-state index contributed by atoms with van der Waals surface area (Å²) < 4.78 is 10.9. The number of nitrogens with two attached hydrogens (primary N) is 1. The van der Waals surface area contributed by atoms with Gasteiger partial charge in [-0.25, -0.2) is 0 Å². The van der Waals surface area contributed by atoms with E-state index in [9.17, 15) is 9.90 Å². The highest BCUT2D eigenvalue weighted by Gasteiger charge is 2.53. The Balaban J connectivity index is 0.00000220. The van der Waals surface area contributed by atoms with Gasteiger partial charge >= 0.3 is 0 Å². The van der Waals surface area contributed by atoms with Gasteiger partial charge in [-0.05, 0) is 11.8 Å². The summed E-state index contributed by atoms with van der Waals surface area (Å²) in [6.45, 7) is 6.84. The molecule has 0 aromatic heterocycles. The van der Waals surface area contributed by atoms with Crippen LogP contribution >= 0.6 is 12.4 Å². The number of halogens is 1. The number of carbonyl (C=O) groups excluding carboxylic acids is 1. The third-order valence-electron chi connectivity index (χ3n) is 4.03. The van der Waals surface area contributed by atoms with Crippen LogP contribution in [0, 0.1) is 5.41 Å². The van der Waals surface area contributed by atoms with Crippen molar-refractivity contribution in [3.05, 3.63) is 0 Å². The van der Waals surface area contributed by atoms with Crippen molar-refractivity contribution in [2.24, 2.45) is 11.1 Å². The average Bonchev–Trinajstić information content (AvgIpc) is 2.87. The summed E-state index contributed by atoms with van der Waals surface area (Å²) in [5, 5.41) is 10.0. The Labute approximate surface area is 132 Å². The molecule has 5 atom stereocenters. The van der Waals surface area contributed by atoms with E-state index in [2.05, 4.69) is 20.8 Å². The van der Waals surface area contributed by atoms with Crippen LogP contribution in [-0.2, 0) is 14.3 Å². The molecule has 2 saturated heterocycles. The van der Waals surface area contributed by atoms with Crippen molar-refractivity contribution in [1.82, 2.24) is 4.90 Å². The third-order valence-corrected chi connectivity index (χ3v) is 4.03. The first-order valence-electron chi connectivity index (χ1n) is 7.13. The SMILES string of the molecule is CO[C@@H]1CN(C(=O)[C@@H](N)CC(C)(C)C)[C@H]2[C@@H]1OC[C@@H]2O.Cl. The zero-order valence-corrected chi connectivity index (χ0v) is 13.9. The number of likely N-dealkylation sites (tertiary alicyclic amines) is 1. The Morgan fingerprint density at radius 3 is 2.67 bits per heavy atom. The van der Waals surface area contributed by atoms with E-state index in [1.54, 1.807) is 12.0 Å². The molecule has 1 amide bonds. The molecule has 0 aromatic rings. The van der Waals surface area contributed by atoms with Crippen molar-refractivity contribution in [2.75, 3.05) is 20.3 Å². The monoisotopic (exact) mass is 322 g/mol. The van der Waals surface area contributed by atoms with Crippen LogP contribution in [0.15, 0.2) is 0 Å². The van der Waals surface area contributed by atoms with E-state index >= 15 is 0 Å². The van der Waals surface area contributed by atoms with Crippen LogP contribution in [0.1, 0.15) is 27.2 Å². The van der Waals surface area contributed by atoms with E-state index in [0.29, 0.717) is 13.0 Å². The Kier molecular flexibility index (Phi) is 6.03. The lowest BCUT2D eigenvalue weighted by Crippen LogP contribution is -2.51. The molecule has 0 saturated carbocycles. The quantitative estimate of drug-likeness (QED) is 0.773. The van der Waals surface area contributed by atoms with E-state index in [1.165, 1.54) is 0 Å². The van der Waals surface area contributed by atoms with Crippen molar-refractivity contribution in [3.63, 3.8) is 0 Å². The molecule has 0 unspecified atom stereocenters. The topological polar surface area (TPSA) is 85.0 Å². The fraction of sp³-hybridized carbons (Fsp3) is 0.929. The van der Waals surface area contributed by atoms with Crippen molar-refractivity contribution in [2.45, 2.75) is 57.6 Å². The molecular formula is C14H27ClN2O4. The lowest BCUT2D eigenvalue weighted by Gasteiger charge is -2.30. The summed E-state index contributed by atoms with van der Waals surface area (Å²) in [6, 6.07) is -0.891. The maximum absolute atomic E-state index is 12.6. The highest BCUT2D eigenvalue weighted by molar-refractivity contribution is 5.85. The van der Waals surface area contributed by atoms with Gasteiger partial charge in [0, 0.05) is 7.11 Å². The summed E-state index contributed by atoms with van der Waals surface area (Å²) in [4.78, 5) is 14.2. The minimum Gasteiger partial charge on any atom is -0.388 e. The van der Waals surface area contributed by atoms with E-state index in [-0.39, 0.29) is 48.6 Å². The molecule has 2 fully saturated rings. The van der Waals surface area contributed by atoms with Crippen LogP contribution < -0.4 is 5.73 Å². The number of ether oxygens (including phenoxy) is 2. The summed E-state index contributed by atoms with van der Waals surface area (Å²) in [6.07, 6.45) is -0.497. The highest BCUT2D eigenvalue weighted by Crippen LogP contribution is 2.32. The molecule has 0 spiro atoms. The smallest absolute Gasteiger partial charge is 0.240 e. The lowest BCUT2D eigenvalue weighted by molar-refractivity contribution is -0.136. The predicted octanol–water partition coefficient (Wildman–Crippen LogP) is 0.157. The molecule has 6 nitrogen and oxygen atoms in total. The Bertz CT molecular complexity index is 374. The van der Waals surface area contributed by atoms with E-state index in [0.717, 1.165) is 0 Å². The van der Waals surface area contributed by atoms with Gasteiger partial charge in [0.1, 0.15) is 18.3 Å². The van der Waals surface area contributed by atoms with Crippen LogP contribution in [0.25, 0.3) is 0 Å². The normalized spacial score (nSPS) is 33.5. The van der Waals surface area contributed by atoms with Crippen molar-refractivity contribution in [3.8, 4) is 0 Å². The zero-order chi connectivity index (χ0) is 15.1. The summed E-state index contributed by atoms with van der Waals surface area (Å²) in [5.74, 6) is -0.126. The number of hydrogen-bond acceptors (Lipinski definition) is 5. The van der Waals surface area contributed by atoms with Gasteiger partial charge in [0.05, 0.1) is 25.2 Å². The van der Waals surface area contributed by atoms with Gasteiger partial charge in [-0.2, -0.15) is 0 Å². The van der Waals surface area contributed by atoms with Gasteiger partial charge in [0.25, 0.3) is 0 Å². The zero-order valence-electron chi connectivity index (χ0n) is 13.1. The first-order chi connectivity index (χ1) is 9.24. The van der Waals surface area contributed by atoms with Gasteiger partial charge in [-0.15, -0.1) is 12.4 Å². The van der Waals surface area contributed by atoms with Crippen LogP contribution in [0.3, 0.4) is 0 Å². The molecule has 2 rings (SSSR count). The Morgan fingerprint density at radius 1 is 1.52 bits per heavy atom. The Hall–Kier alpha value is -0.400. The number of aliphatic hydroxyl groups excluding tert-OH is 1. The molecule has 0 aliphatic carbocycles. The van der Waals surface area contributed by atoms with E-state index in [1.807, 2.05) is 0 Å². The summed E-state index contributed by atoms with van der Waals surface area (Å²) in [5.41, 5.74) is 6.03. The fourth-order valence-corrected chi connectivity index (χ4v) is 3.16. The molecular weight excluding hydrogens is 296 g/mol. The van der Waals surface area contributed by atoms with Crippen LogP contribution in [-0.4, -0.2) is 66.6 Å². The van der Waals surface area contributed by atoms with Crippen molar-refractivity contribution in [1.29, 1.82) is 0 Å². The lowest BCUT2D eigenvalue weighted by atomic mass is 9.88. The van der Waals surface area contributed by atoms with Crippen LogP contribution in [0.5, 0.6) is 0 Å². The van der Waals surface area contributed by atoms with Crippen molar-refractivity contribution < 1.29 is 19.4 Å². The van der Waals surface area contributed by atoms with Crippen molar-refractivity contribution >= 4 is 18.3 Å². The highest BCUT2D eigenvalue weighted by atomic mass is 35.5. The second-order valence-electron chi connectivity index (χ2n) is 6.99. The molecule has 2 aliphatic rings. The number of hydrogen-bond donors (Lipinski definition) is 2. The number of nitrogens with zero attached hydrogens (tertiary/aromatic N) is 1. The number of methoxy groups -OCH3 is 1. The maximum Gasteiger partial charge on any atom is 0.240 e. The molecule has 21 heavy (non-hydrogen) atoms. The molecule has 0 bridgehead atoms. The number of aliphatic hydroxyl groups is 1. The number of fused-ring (bicyclic) bond motifs is 1. The second kappa shape index (κ2) is 6.79. The van der Waals surface area contributed by atoms with Crippen LogP contribution in [0.4, 0.5) is 0 Å². The summed E-state index contributed by atoms with van der Waals surface area (Å²) in [7, 11) is 1.60. The average molecular weight is 323 g/mol. The standard InChI is InChI=1S/C14H26N2O4.ClH/c1-14(2,3)5-8(15)13(18)16-6-10(19-4)12-11(16)9(17)7-20-12;/h8-12,17H,5-7,15H2,1-4H3;1H/t8-,9-,10+,11+,12+;/m0./s1. The first kappa shape index (κ1) is 18.6. The third kappa shape index (κ3) is 3.87. The predicted molar refractivity (Wildman–Crippen MR) is 81.3 cm³/mol. The first-order valence-corrected chi connectivity index (χ1v) is 7.13. The molecule has 124 valence electrons. The number of amides is 1. The van der Waals surface area contributed by atoms with Gasteiger partial charge in [-0.1, -0.05) is 20.8 Å². The largest absolute Gasteiger partial charge is 0.388 e. The molecule has 2 aliphatic heterocycles. The Morgan fingerprint density at radius 2 is 2.14 bits per heavy atom. The van der Waals surface area contributed by atoms with Gasteiger partial charge in [-0.3, -0.25) is 4.79 Å². The fourth-order valence-electron chi connectivity index (χ4n) is 3.16. The number of rotatable bonds is 3. The maximum atomic E-state index is 12.6. The van der Waals surface area contributed by atoms with Crippen LogP contribution in [0.2, 0.25) is 0 Å². The van der Waals surface area contributed by atoms with Gasteiger partial charge < -0.3 is 25.2 Å². The summed E-state index contributed by atoms with van der Waals surface area (Å²) >= 11 is 0. The molecule has 2 heterocycles. The molecule has 0 radical (unpaired) electrons. The van der Waals surface area contributed by atoms with Gasteiger partial charge in [0.15, 0.2) is 0 Å². The van der Waals surface area contributed by atoms with E-state index in [4.69, 9.17) is 15.2 Å². The van der Waals surface area contributed by atoms with Gasteiger partial charge in [0.2, 0.25) is 5.91 Å². The molecule has 0 aromatic carbocycles. The number of carbonyl (C=O) groups is 1.